The summed E-state index contributed by atoms with van der Waals surface area (Å²) >= 11 is 1.85. The summed E-state index contributed by atoms with van der Waals surface area (Å²) in [6.45, 7) is 4.64. The summed E-state index contributed by atoms with van der Waals surface area (Å²) in [7, 11) is 0. The van der Waals surface area contributed by atoms with Crippen LogP contribution in [0, 0.1) is 5.92 Å². The van der Waals surface area contributed by atoms with Crippen molar-refractivity contribution in [1.29, 1.82) is 0 Å². The van der Waals surface area contributed by atoms with Crippen LogP contribution in [0.5, 0.6) is 0 Å². The standard InChI is InChI=1S/C15H19N3S/c1-2-6-14-12(5-1)17-15(19-14)10-18-7-3-4-11-8-16-9-13(11)18/h1-2,5-6,11,13,16H,3-4,7-10H2. The lowest BCUT2D eigenvalue weighted by Gasteiger charge is -2.36. The summed E-state index contributed by atoms with van der Waals surface area (Å²) in [6, 6.07) is 9.20. The highest BCUT2D eigenvalue weighted by atomic mass is 32.1. The highest BCUT2D eigenvalue weighted by Gasteiger charge is 2.35. The lowest BCUT2D eigenvalue weighted by Crippen LogP contribution is -2.44. The van der Waals surface area contributed by atoms with Crippen LogP contribution in [-0.2, 0) is 6.54 Å². The Balaban J connectivity index is 1.56. The van der Waals surface area contributed by atoms with E-state index in [1.807, 2.05) is 11.3 Å². The molecule has 2 saturated heterocycles. The number of benzene rings is 1. The maximum Gasteiger partial charge on any atom is 0.108 e. The van der Waals surface area contributed by atoms with E-state index < -0.39 is 0 Å². The maximum atomic E-state index is 4.78. The molecule has 2 atom stereocenters. The summed E-state index contributed by atoms with van der Waals surface area (Å²) in [5.41, 5.74) is 1.15. The van der Waals surface area contributed by atoms with Crippen LogP contribution >= 0.6 is 11.3 Å². The normalized spacial score (nSPS) is 27.8. The van der Waals surface area contributed by atoms with E-state index in [4.69, 9.17) is 4.98 Å². The summed E-state index contributed by atoms with van der Waals surface area (Å²) < 4.78 is 1.32. The Morgan fingerprint density at radius 1 is 1.32 bits per heavy atom. The molecule has 2 aromatic rings. The number of para-hydroxylation sites is 1. The zero-order chi connectivity index (χ0) is 12.7. The van der Waals surface area contributed by atoms with Gasteiger partial charge in [-0.3, -0.25) is 4.90 Å². The molecule has 0 radical (unpaired) electrons. The van der Waals surface area contributed by atoms with Gasteiger partial charge in [-0.05, 0) is 44.0 Å². The first-order valence-corrected chi connectivity index (χ1v) is 8.01. The van der Waals surface area contributed by atoms with Crippen molar-refractivity contribution >= 4 is 21.6 Å². The number of nitrogens with zero attached hydrogens (tertiary/aromatic N) is 2. The Hall–Kier alpha value is -0.970. The van der Waals surface area contributed by atoms with Gasteiger partial charge in [-0.25, -0.2) is 4.98 Å². The third-order valence-corrected chi connectivity index (χ3v) is 5.49. The zero-order valence-corrected chi connectivity index (χ0v) is 11.8. The molecule has 0 saturated carbocycles. The molecule has 2 fully saturated rings. The smallest absolute Gasteiger partial charge is 0.108 e. The fourth-order valence-corrected chi connectivity index (χ4v) is 4.51. The van der Waals surface area contributed by atoms with Gasteiger partial charge in [0.2, 0.25) is 0 Å². The predicted octanol–water partition coefficient (Wildman–Crippen LogP) is 2.48. The second-order valence-corrected chi connectivity index (χ2v) is 6.79. The van der Waals surface area contributed by atoms with E-state index in [0.29, 0.717) is 0 Å². The van der Waals surface area contributed by atoms with Gasteiger partial charge in [0.05, 0.1) is 16.8 Å². The molecule has 1 N–H and O–H groups in total. The number of thiazole rings is 1. The van der Waals surface area contributed by atoms with Crippen molar-refractivity contribution in [2.75, 3.05) is 19.6 Å². The molecular weight excluding hydrogens is 254 g/mol. The molecule has 4 heteroatoms. The number of hydrogen-bond donors (Lipinski definition) is 1. The lowest BCUT2D eigenvalue weighted by molar-refractivity contribution is 0.117. The minimum atomic E-state index is 0.737. The van der Waals surface area contributed by atoms with Crippen LogP contribution in [-0.4, -0.2) is 35.6 Å². The minimum absolute atomic E-state index is 0.737. The first-order chi connectivity index (χ1) is 9.40. The van der Waals surface area contributed by atoms with Crippen molar-refractivity contribution in [1.82, 2.24) is 15.2 Å². The van der Waals surface area contributed by atoms with Gasteiger partial charge in [0.25, 0.3) is 0 Å². The van der Waals surface area contributed by atoms with E-state index >= 15 is 0 Å². The number of likely N-dealkylation sites (tertiary alicyclic amines) is 1. The first-order valence-electron chi connectivity index (χ1n) is 7.19. The molecule has 100 valence electrons. The minimum Gasteiger partial charge on any atom is -0.315 e. The van der Waals surface area contributed by atoms with Gasteiger partial charge in [0, 0.05) is 12.6 Å². The Labute approximate surface area is 117 Å². The van der Waals surface area contributed by atoms with E-state index in [1.54, 1.807) is 0 Å². The molecule has 0 aliphatic carbocycles. The van der Waals surface area contributed by atoms with Gasteiger partial charge in [-0.2, -0.15) is 0 Å². The molecule has 2 aliphatic heterocycles. The van der Waals surface area contributed by atoms with Gasteiger partial charge in [0.1, 0.15) is 5.01 Å². The van der Waals surface area contributed by atoms with Crippen molar-refractivity contribution in [3.8, 4) is 0 Å². The number of aromatic nitrogens is 1. The van der Waals surface area contributed by atoms with Crippen LogP contribution in [0.4, 0.5) is 0 Å². The zero-order valence-electron chi connectivity index (χ0n) is 11.0. The third-order valence-electron chi connectivity index (χ3n) is 4.47. The molecule has 1 aromatic heterocycles. The fourth-order valence-electron chi connectivity index (χ4n) is 3.52. The van der Waals surface area contributed by atoms with E-state index in [2.05, 4.69) is 34.5 Å². The molecule has 4 rings (SSSR count). The third kappa shape index (κ3) is 2.18. The van der Waals surface area contributed by atoms with Crippen LogP contribution in [0.3, 0.4) is 0 Å². The van der Waals surface area contributed by atoms with Crippen LogP contribution in [0.25, 0.3) is 10.2 Å². The fraction of sp³-hybridized carbons (Fsp3) is 0.533. The van der Waals surface area contributed by atoms with Crippen LogP contribution in [0.15, 0.2) is 24.3 Å². The molecule has 3 nitrogen and oxygen atoms in total. The van der Waals surface area contributed by atoms with Crippen molar-refractivity contribution < 1.29 is 0 Å². The van der Waals surface area contributed by atoms with Crippen LogP contribution < -0.4 is 5.32 Å². The number of rotatable bonds is 2. The second kappa shape index (κ2) is 4.85. The Kier molecular flexibility index (Phi) is 3.02. The first kappa shape index (κ1) is 11.8. The Bertz CT molecular complexity index is 547. The molecule has 1 aromatic carbocycles. The SMILES string of the molecule is c1ccc2sc(CN3CCCC4CNCC43)nc2c1. The van der Waals surface area contributed by atoms with Crippen LogP contribution in [0.1, 0.15) is 17.8 Å². The lowest BCUT2D eigenvalue weighted by atomic mass is 9.92. The van der Waals surface area contributed by atoms with Gasteiger partial charge in [-0.1, -0.05) is 12.1 Å². The van der Waals surface area contributed by atoms with Crippen molar-refractivity contribution in [2.45, 2.75) is 25.4 Å². The van der Waals surface area contributed by atoms with E-state index in [9.17, 15) is 0 Å². The summed E-state index contributed by atoms with van der Waals surface area (Å²) in [6.07, 6.45) is 2.74. The van der Waals surface area contributed by atoms with E-state index in [1.165, 1.54) is 35.6 Å². The van der Waals surface area contributed by atoms with Gasteiger partial charge in [-0.15, -0.1) is 11.3 Å². The van der Waals surface area contributed by atoms with Gasteiger partial charge >= 0.3 is 0 Å². The van der Waals surface area contributed by atoms with Crippen molar-refractivity contribution in [3.63, 3.8) is 0 Å². The highest BCUT2D eigenvalue weighted by Crippen LogP contribution is 2.29. The molecule has 2 aliphatic rings. The van der Waals surface area contributed by atoms with Gasteiger partial charge in [0.15, 0.2) is 0 Å². The molecule has 0 amide bonds. The number of fused-ring (bicyclic) bond motifs is 2. The number of piperidine rings is 1. The quantitative estimate of drug-likeness (QED) is 0.911. The molecular formula is C15H19N3S. The van der Waals surface area contributed by atoms with Crippen molar-refractivity contribution in [3.05, 3.63) is 29.3 Å². The molecule has 19 heavy (non-hydrogen) atoms. The van der Waals surface area contributed by atoms with E-state index in [0.717, 1.165) is 30.6 Å². The molecule has 3 heterocycles. The summed E-state index contributed by atoms with van der Waals surface area (Å²) in [5.74, 6) is 0.864. The predicted molar refractivity (Wildman–Crippen MR) is 79.4 cm³/mol. The molecule has 0 bridgehead atoms. The second-order valence-electron chi connectivity index (χ2n) is 5.67. The van der Waals surface area contributed by atoms with Crippen molar-refractivity contribution in [2.24, 2.45) is 5.92 Å². The topological polar surface area (TPSA) is 28.2 Å². The molecule has 0 spiro atoms. The molecule has 2 unspecified atom stereocenters. The highest BCUT2D eigenvalue weighted by molar-refractivity contribution is 7.18. The average Bonchev–Trinajstić information content (AvgIpc) is 3.04. The largest absolute Gasteiger partial charge is 0.315 e. The van der Waals surface area contributed by atoms with Gasteiger partial charge < -0.3 is 5.32 Å². The average molecular weight is 273 g/mol. The Morgan fingerprint density at radius 2 is 2.26 bits per heavy atom. The summed E-state index contributed by atoms with van der Waals surface area (Å²) in [5, 5.41) is 4.82. The number of nitrogens with one attached hydrogen (secondary N) is 1. The monoisotopic (exact) mass is 273 g/mol. The Morgan fingerprint density at radius 3 is 3.21 bits per heavy atom. The number of hydrogen-bond acceptors (Lipinski definition) is 4. The van der Waals surface area contributed by atoms with Crippen LogP contribution in [0.2, 0.25) is 0 Å². The van der Waals surface area contributed by atoms with E-state index in [-0.39, 0.29) is 0 Å². The summed E-state index contributed by atoms with van der Waals surface area (Å²) in [4.78, 5) is 7.42. The maximum absolute atomic E-state index is 4.78.